The number of aromatic nitrogens is 2. The van der Waals surface area contributed by atoms with E-state index in [-0.39, 0.29) is 5.25 Å². The molecule has 1 atom stereocenters. The second-order valence-corrected chi connectivity index (χ2v) is 7.31. The number of sulfone groups is 1. The molecule has 3 rings (SSSR count). The van der Waals surface area contributed by atoms with E-state index in [1.807, 2.05) is 10.6 Å². The number of imidazole rings is 1. The van der Waals surface area contributed by atoms with Gasteiger partial charge in [0.2, 0.25) is 0 Å². The van der Waals surface area contributed by atoms with Gasteiger partial charge in [-0.1, -0.05) is 0 Å². The number of aldehydes is 1. The molecule has 0 aliphatic carbocycles. The molecule has 0 saturated carbocycles. The van der Waals surface area contributed by atoms with Gasteiger partial charge in [0.15, 0.2) is 9.84 Å². The summed E-state index contributed by atoms with van der Waals surface area (Å²) >= 11 is 0. The van der Waals surface area contributed by atoms with Crippen LogP contribution in [-0.2, 0) is 16.3 Å². The standard InChI is InChI=1S/C13H14N2O3S/c16-9-10-3-4-15-8-11(14-13(15)6-10)7-12-2-1-5-19(12,17)18/h3-4,6,8-9,12H,1-2,5,7H2. The summed E-state index contributed by atoms with van der Waals surface area (Å²) < 4.78 is 25.4. The van der Waals surface area contributed by atoms with Gasteiger partial charge in [0.25, 0.3) is 0 Å². The SMILES string of the molecule is O=Cc1ccn2cc(CC3CCCS3(=O)=O)nc2c1. The largest absolute Gasteiger partial charge is 0.307 e. The molecule has 19 heavy (non-hydrogen) atoms. The monoisotopic (exact) mass is 278 g/mol. The maximum atomic E-state index is 11.8. The number of carbonyl (C=O) groups is 1. The Balaban J connectivity index is 1.91. The second-order valence-electron chi connectivity index (χ2n) is 4.91. The summed E-state index contributed by atoms with van der Waals surface area (Å²) in [5.74, 6) is 0.292. The first kappa shape index (κ1) is 12.3. The van der Waals surface area contributed by atoms with Gasteiger partial charge in [0, 0.05) is 24.4 Å². The summed E-state index contributed by atoms with van der Waals surface area (Å²) in [6, 6.07) is 3.40. The van der Waals surface area contributed by atoms with E-state index < -0.39 is 9.84 Å². The van der Waals surface area contributed by atoms with Gasteiger partial charge in [-0.15, -0.1) is 0 Å². The first-order valence-electron chi connectivity index (χ1n) is 6.23. The summed E-state index contributed by atoms with van der Waals surface area (Å²) in [6.45, 7) is 0. The molecule has 0 amide bonds. The molecule has 2 aromatic heterocycles. The number of carbonyl (C=O) groups excluding carboxylic acids is 1. The van der Waals surface area contributed by atoms with E-state index in [4.69, 9.17) is 0 Å². The lowest BCUT2D eigenvalue weighted by molar-refractivity contribution is 0.112. The highest BCUT2D eigenvalue weighted by atomic mass is 32.2. The van der Waals surface area contributed by atoms with E-state index in [1.165, 1.54) is 0 Å². The van der Waals surface area contributed by atoms with Crippen LogP contribution in [-0.4, -0.2) is 35.1 Å². The molecular formula is C13H14N2O3S. The predicted molar refractivity (Wildman–Crippen MR) is 71.1 cm³/mol. The van der Waals surface area contributed by atoms with Crippen molar-refractivity contribution in [2.75, 3.05) is 5.75 Å². The number of hydrogen-bond donors (Lipinski definition) is 0. The molecule has 3 heterocycles. The normalized spacial score (nSPS) is 21.8. The van der Waals surface area contributed by atoms with Crippen molar-refractivity contribution in [3.8, 4) is 0 Å². The van der Waals surface area contributed by atoms with Crippen molar-refractivity contribution >= 4 is 21.8 Å². The van der Waals surface area contributed by atoms with Gasteiger partial charge in [-0.05, 0) is 25.0 Å². The molecule has 0 aromatic carbocycles. The van der Waals surface area contributed by atoms with Crippen LogP contribution >= 0.6 is 0 Å². The van der Waals surface area contributed by atoms with E-state index in [0.29, 0.717) is 23.4 Å². The van der Waals surface area contributed by atoms with Crippen LogP contribution in [0.5, 0.6) is 0 Å². The van der Waals surface area contributed by atoms with Crippen molar-refractivity contribution in [1.29, 1.82) is 0 Å². The zero-order chi connectivity index (χ0) is 13.5. The molecular weight excluding hydrogens is 264 g/mol. The Morgan fingerprint density at radius 2 is 2.32 bits per heavy atom. The van der Waals surface area contributed by atoms with Gasteiger partial charge in [0.05, 0.1) is 16.7 Å². The van der Waals surface area contributed by atoms with Crippen LogP contribution in [0.3, 0.4) is 0 Å². The lowest BCUT2D eigenvalue weighted by Gasteiger charge is -2.05. The van der Waals surface area contributed by atoms with E-state index in [0.717, 1.165) is 24.8 Å². The summed E-state index contributed by atoms with van der Waals surface area (Å²) in [5.41, 5.74) is 2.01. The summed E-state index contributed by atoms with van der Waals surface area (Å²) in [5, 5.41) is -0.303. The highest BCUT2D eigenvalue weighted by molar-refractivity contribution is 7.92. The third-order valence-electron chi connectivity index (χ3n) is 3.57. The van der Waals surface area contributed by atoms with Gasteiger partial charge < -0.3 is 4.40 Å². The summed E-state index contributed by atoms with van der Waals surface area (Å²) in [4.78, 5) is 15.1. The smallest absolute Gasteiger partial charge is 0.153 e. The van der Waals surface area contributed by atoms with Crippen molar-refractivity contribution in [3.05, 3.63) is 35.8 Å². The Morgan fingerprint density at radius 3 is 3.00 bits per heavy atom. The van der Waals surface area contributed by atoms with Crippen LogP contribution in [0.2, 0.25) is 0 Å². The van der Waals surface area contributed by atoms with Crippen molar-refractivity contribution in [2.45, 2.75) is 24.5 Å². The van der Waals surface area contributed by atoms with Crippen molar-refractivity contribution in [1.82, 2.24) is 9.38 Å². The molecule has 0 spiro atoms. The fraction of sp³-hybridized carbons (Fsp3) is 0.385. The lowest BCUT2D eigenvalue weighted by atomic mass is 10.2. The van der Waals surface area contributed by atoms with Crippen molar-refractivity contribution in [3.63, 3.8) is 0 Å². The second kappa shape index (κ2) is 4.45. The van der Waals surface area contributed by atoms with Gasteiger partial charge in [-0.2, -0.15) is 0 Å². The Hall–Kier alpha value is -1.69. The number of nitrogens with zero attached hydrogens (tertiary/aromatic N) is 2. The molecule has 0 N–H and O–H groups in total. The average Bonchev–Trinajstić information content (AvgIpc) is 2.92. The molecule has 1 aliphatic heterocycles. The van der Waals surface area contributed by atoms with Gasteiger partial charge in [0.1, 0.15) is 11.9 Å². The average molecular weight is 278 g/mol. The Kier molecular flexibility index (Phi) is 2.89. The third kappa shape index (κ3) is 2.28. The number of hydrogen-bond acceptors (Lipinski definition) is 4. The van der Waals surface area contributed by atoms with Crippen LogP contribution in [0, 0.1) is 0 Å². The van der Waals surface area contributed by atoms with Crippen molar-refractivity contribution in [2.24, 2.45) is 0 Å². The Bertz CT molecular complexity index is 733. The molecule has 5 nitrogen and oxygen atoms in total. The maximum absolute atomic E-state index is 11.8. The number of pyridine rings is 1. The van der Waals surface area contributed by atoms with Gasteiger partial charge >= 0.3 is 0 Å². The first-order valence-corrected chi connectivity index (χ1v) is 7.94. The maximum Gasteiger partial charge on any atom is 0.153 e. The zero-order valence-electron chi connectivity index (χ0n) is 10.3. The molecule has 0 bridgehead atoms. The van der Waals surface area contributed by atoms with E-state index in [9.17, 15) is 13.2 Å². The highest BCUT2D eigenvalue weighted by Crippen LogP contribution is 2.23. The van der Waals surface area contributed by atoms with Crippen LogP contribution in [0.15, 0.2) is 24.5 Å². The van der Waals surface area contributed by atoms with Gasteiger partial charge in [-0.3, -0.25) is 4.79 Å². The molecule has 1 aliphatic rings. The zero-order valence-corrected chi connectivity index (χ0v) is 11.1. The Labute approximate surface area is 111 Å². The highest BCUT2D eigenvalue weighted by Gasteiger charge is 2.31. The molecule has 1 fully saturated rings. The number of rotatable bonds is 3. The van der Waals surface area contributed by atoms with Crippen LogP contribution in [0.1, 0.15) is 28.9 Å². The van der Waals surface area contributed by atoms with E-state index in [1.54, 1.807) is 18.3 Å². The minimum absolute atomic E-state index is 0.292. The van der Waals surface area contributed by atoms with E-state index >= 15 is 0 Å². The lowest BCUT2D eigenvalue weighted by Crippen LogP contribution is -2.18. The van der Waals surface area contributed by atoms with Gasteiger partial charge in [-0.25, -0.2) is 13.4 Å². The van der Waals surface area contributed by atoms with E-state index in [2.05, 4.69) is 4.98 Å². The fourth-order valence-electron chi connectivity index (χ4n) is 2.54. The minimum Gasteiger partial charge on any atom is -0.307 e. The molecule has 2 aromatic rings. The van der Waals surface area contributed by atoms with Crippen LogP contribution in [0.4, 0.5) is 0 Å². The minimum atomic E-state index is -2.94. The predicted octanol–water partition coefficient (Wildman–Crippen LogP) is 1.27. The summed E-state index contributed by atoms with van der Waals surface area (Å²) in [6.07, 6.45) is 6.29. The topological polar surface area (TPSA) is 68.5 Å². The number of fused-ring (bicyclic) bond motifs is 1. The van der Waals surface area contributed by atoms with Crippen molar-refractivity contribution < 1.29 is 13.2 Å². The van der Waals surface area contributed by atoms with Crippen LogP contribution in [0.25, 0.3) is 5.65 Å². The first-order chi connectivity index (χ1) is 9.08. The molecule has 1 unspecified atom stereocenters. The molecule has 6 heteroatoms. The third-order valence-corrected chi connectivity index (χ3v) is 5.85. The molecule has 0 radical (unpaired) electrons. The molecule has 1 saturated heterocycles. The molecule has 100 valence electrons. The fourth-order valence-corrected chi connectivity index (χ4v) is 4.40. The Morgan fingerprint density at radius 1 is 1.47 bits per heavy atom. The summed E-state index contributed by atoms with van der Waals surface area (Å²) in [7, 11) is -2.94. The quantitative estimate of drug-likeness (QED) is 0.793. The van der Waals surface area contributed by atoms with Crippen LogP contribution < -0.4 is 0 Å².